The predicted molar refractivity (Wildman–Crippen MR) is 79.2 cm³/mol. The lowest BCUT2D eigenvalue weighted by molar-refractivity contribution is -0.143. The largest absolute Gasteiger partial charge is 0.467 e. The number of amides is 1. The van der Waals surface area contributed by atoms with Gasteiger partial charge in [-0.2, -0.15) is 0 Å². The van der Waals surface area contributed by atoms with Crippen molar-refractivity contribution in [2.24, 2.45) is 5.92 Å². The zero-order valence-corrected chi connectivity index (χ0v) is 13.1. The number of hydrogen-bond acceptors (Lipinski definition) is 3. The molecule has 0 aliphatic rings. The molecule has 0 spiro atoms. The van der Waals surface area contributed by atoms with Gasteiger partial charge in [0.15, 0.2) is 0 Å². The van der Waals surface area contributed by atoms with Crippen molar-refractivity contribution in [2.75, 3.05) is 7.11 Å². The van der Waals surface area contributed by atoms with Crippen molar-refractivity contribution in [1.82, 2.24) is 5.32 Å². The molecule has 0 heterocycles. The Hall–Kier alpha value is -1.26. The van der Waals surface area contributed by atoms with Crippen molar-refractivity contribution in [3.05, 3.63) is 33.8 Å². The number of benzene rings is 1. The lowest BCUT2D eigenvalue weighted by atomic mass is 10.0. The van der Waals surface area contributed by atoms with Gasteiger partial charge >= 0.3 is 5.97 Å². The van der Waals surface area contributed by atoms with Crippen LogP contribution < -0.4 is 5.32 Å². The van der Waals surface area contributed by atoms with Gasteiger partial charge < -0.3 is 10.1 Å². The molecule has 110 valence electrons. The van der Waals surface area contributed by atoms with E-state index in [2.05, 4.69) is 5.32 Å². The Morgan fingerprint density at radius 3 is 2.50 bits per heavy atom. The number of hydrogen-bond donors (Lipinski definition) is 1. The minimum absolute atomic E-state index is 0.231. The Labute approximate surface area is 128 Å². The molecule has 0 saturated heterocycles. The molecule has 0 aliphatic carbocycles. The number of methoxy groups -OCH3 is 1. The highest BCUT2D eigenvalue weighted by atomic mass is 35.5. The maximum Gasteiger partial charge on any atom is 0.328 e. The van der Waals surface area contributed by atoms with Crippen LogP contribution in [0.3, 0.4) is 0 Å². The van der Waals surface area contributed by atoms with E-state index in [4.69, 9.17) is 27.9 Å². The highest BCUT2D eigenvalue weighted by molar-refractivity contribution is 6.35. The third kappa shape index (κ3) is 4.69. The van der Waals surface area contributed by atoms with E-state index in [0.29, 0.717) is 11.4 Å². The van der Waals surface area contributed by atoms with Gasteiger partial charge in [0.2, 0.25) is 0 Å². The summed E-state index contributed by atoms with van der Waals surface area (Å²) in [5.74, 6) is -0.701. The summed E-state index contributed by atoms with van der Waals surface area (Å²) in [6, 6.07) is 3.88. The summed E-state index contributed by atoms with van der Waals surface area (Å²) in [5, 5.41) is 3.31. The number of esters is 1. The van der Waals surface area contributed by atoms with Crippen molar-refractivity contribution in [3.63, 3.8) is 0 Å². The van der Waals surface area contributed by atoms with Crippen molar-refractivity contribution < 1.29 is 14.3 Å². The summed E-state index contributed by atoms with van der Waals surface area (Å²) in [5.41, 5.74) is 0.233. The van der Waals surface area contributed by atoms with Gasteiger partial charge in [0.05, 0.1) is 17.7 Å². The first-order valence-corrected chi connectivity index (χ1v) is 6.94. The molecule has 1 aromatic rings. The third-order valence-electron chi connectivity index (χ3n) is 2.67. The fraction of sp³-hybridized carbons (Fsp3) is 0.429. The summed E-state index contributed by atoms with van der Waals surface area (Å²) < 4.78 is 4.69. The van der Waals surface area contributed by atoms with Gasteiger partial charge in [0, 0.05) is 5.02 Å². The number of nitrogens with one attached hydrogen (secondary N) is 1. The van der Waals surface area contributed by atoms with Crippen LogP contribution in [0.4, 0.5) is 0 Å². The monoisotopic (exact) mass is 317 g/mol. The van der Waals surface area contributed by atoms with E-state index >= 15 is 0 Å². The maximum absolute atomic E-state index is 12.2. The van der Waals surface area contributed by atoms with E-state index in [1.54, 1.807) is 6.07 Å². The number of carbonyl (C=O) groups is 2. The van der Waals surface area contributed by atoms with Crippen LogP contribution in [-0.2, 0) is 9.53 Å². The molecule has 0 fully saturated rings. The van der Waals surface area contributed by atoms with Crippen LogP contribution in [-0.4, -0.2) is 25.0 Å². The summed E-state index contributed by atoms with van der Waals surface area (Å²) in [4.78, 5) is 23.8. The van der Waals surface area contributed by atoms with Gasteiger partial charge in [-0.05, 0) is 30.5 Å². The molecule has 0 bridgehead atoms. The van der Waals surface area contributed by atoms with E-state index in [1.807, 2.05) is 13.8 Å². The van der Waals surface area contributed by atoms with E-state index in [9.17, 15) is 9.59 Å². The highest BCUT2D eigenvalue weighted by Gasteiger charge is 2.24. The number of ether oxygens (including phenoxy) is 1. The average Bonchev–Trinajstić information content (AvgIpc) is 2.39. The molecular formula is C14H17Cl2NO3. The maximum atomic E-state index is 12.2. The Morgan fingerprint density at radius 2 is 1.95 bits per heavy atom. The van der Waals surface area contributed by atoms with Gasteiger partial charge in [-0.1, -0.05) is 37.0 Å². The van der Waals surface area contributed by atoms with Crippen molar-refractivity contribution in [2.45, 2.75) is 26.3 Å². The molecule has 1 N–H and O–H groups in total. The predicted octanol–water partition coefficient (Wildman–Crippen LogP) is 3.31. The van der Waals surface area contributed by atoms with Gasteiger partial charge in [-0.25, -0.2) is 4.79 Å². The minimum Gasteiger partial charge on any atom is -0.467 e. The standard InChI is InChI=1S/C14H17Cl2NO3/c1-8(2)6-12(14(19)20-3)17-13(18)10-7-9(15)4-5-11(10)16/h4-5,7-8,12H,6H2,1-3H3,(H,17,18)/t12-/m0/s1. The second kappa shape index (κ2) is 7.50. The third-order valence-corrected chi connectivity index (χ3v) is 3.24. The normalized spacial score (nSPS) is 12.1. The van der Waals surface area contributed by atoms with Gasteiger partial charge in [-0.15, -0.1) is 0 Å². The molecule has 0 saturated carbocycles. The molecule has 1 atom stereocenters. The molecule has 0 aromatic heterocycles. The van der Waals surface area contributed by atoms with E-state index in [0.717, 1.165) is 0 Å². The Morgan fingerprint density at radius 1 is 1.30 bits per heavy atom. The van der Waals surface area contributed by atoms with Crippen LogP contribution in [0.25, 0.3) is 0 Å². The molecule has 0 aliphatic heterocycles. The SMILES string of the molecule is COC(=O)[C@H](CC(C)C)NC(=O)c1cc(Cl)ccc1Cl. The second-order valence-corrected chi connectivity index (χ2v) is 5.65. The summed E-state index contributed by atoms with van der Waals surface area (Å²) in [6.45, 7) is 3.91. The summed E-state index contributed by atoms with van der Waals surface area (Å²) >= 11 is 11.8. The van der Waals surface area contributed by atoms with Crippen LogP contribution in [0.15, 0.2) is 18.2 Å². The van der Waals surface area contributed by atoms with E-state index in [1.165, 1.54) is 19.2 Å². The molecular weight excluding hydrogens is 301 g/mol. The first kappa shape index (κ1) is 16.8. The number of halogens is 2. The molecule has 1 aromatic carbocycles. The van der Waals surface area contributed by atoms with Crippen LogP contribution in [0.2, 0.25) is 10.0 Å². The van der Waals surface area contributed by atoms with Gasteiger partial charge in [0.25, 0.3) is 5.91 Å². The Balaban J connectivity index is 2.90. The summed E-state index contributed by atoms with van der Waals surface area (Å²) in [6.07, 6.45) is 0.483. The minimum atomic E-state index is -0.706. The lowest BCUT2D eigenvalue weighted by Crippen LogP contribution is -2.42. The highest BCUT2D eigenvalue weighted by Crippen LogP contribution is 2.21. The molecule has 1 rings (SSSR count). The zero-order valence-electron chi connectivity index (χ0n) is 11.6. The van der Waals surface area contributed by atoms with Crippen LogP contribution in [0.5, 0.6) is 0 Å². The smallest absolute Gasteiger partial charge is 0.328 e. The molecule has 0 unspecified atom stereocenters. The fourth-order valence-electron chi connectivity index (χ4n) is 1.74. The van der Waals surface area contributed by atoms with Gasteiger partial charge in [0.1, 0.15) is 6.04 Å². The molecule has 0 radical (unpaired) electrons. The van der Waals surface area contributed by atoms with Crippen LogP contribution >= 0.6 is 23.2 Å². The van der Waals surface area contributed by atoms with Crippen LogP contribution in [0, 0.1) is 5.92 Å². The van der Waals surface area contributed by atoms with Crippen molar-refractivity contribution >= 4 is 35.1 Å². The lowest BCUT2D eigenvalue weighted by Gasteiger charge is -2.18. The number of carbonyl (C=O) groups excluding carboxylic acids is 2. The molecule has 1 amide bonds. The topological polar surface area (TPSA) is 55.4 Å². The fourth-order valence-corrected chi connectivity index (χ4v) is 2.11. The first-order valence-electron chi connectivity index (χ1n) is 6.19. The van der Waals surface area contributed by atoms with Crippen molar-refractivity contribution in [3.8, 4) is 0 Å². The van der Waals surface area contributed by atoms with Crippen LogP contribution in [0.1, 0.15) is 30.6 Å². The Bertz CT molecular complexity index is 503. The van der Waals surface area contributed by atoms with Crippen molar-refractivity contribution in [1.29, 1.82) is 0 Å². The molecule has 6 heteroatoms. The molecule has 4 nitrogen and oxygen atoms in total. The average molecular weight is 318 g/mol. The van der Waals surface area contributed by atoms with Gasteiger partial charge in [-0.3, -0.25) is 4.79 Å². The van der Waals surface area contributed by atoms with E-state index in [-0.39, 0.29) is 16.5 Å². The van der Waals surface area contributed by atoms with E-state index < -0.39 is 17.9 Å². The number of rotatable bonds is 5. The molecule has 20 heavy (non-hydrogen) atoms. The second-order valence-electron chi connectivity index (χ2n) is 4.80. The zero-order chi connectivity index (χ0) is 15.3. The Kier molecular flexibility index (Phi) is 6.30. The first-order chi connectivity index (χ1) is 9.35. The quantitative estimate of drug-likeness (QED) is 0.848. The summed E-state index contributed by atoms with van der Waals surface area (Å²) in [7, 11) is 1.29.